The van der Waals surface area contributed by atoms with Crippen molar-refractivity contribution in [3.63, 3.8) is 0 Å². The Morgan fingerprint density at radius 1 is 1.27 bits per heavy atom. The molecule has 5 heteroatoms. The van der Waals surface area contributed by atoms with E-state index in [4.69, 9.17) is 4.74 Å². The number of rotatable bonds is 4. The lowest BCUT2D eigenvalue weighted by Crippen LogP contribution is -2.56. The van der Waals surface area contributed by atoms with E-state index in [0.29, 0.717) is 18.4 Å². The van der Waals surface area contributed by atoms with E-state index in [1.54, 1.807) is 0 Å². The average Bonchev–Trinajstić information content (AvgIpc) is 2.81. The van der Waals surface area contributed by atoms with Gasteiger partial charge in [-0.05, 0) is 39.7 Å². The highest BCUT2D eigenvalue weighted by Crippen LogP contribution is 2.30. The molecule has 0 spiro atoms. The molecule has 1 N–H and O–H groups in total. The molecule has 1 fully saturated rings. The summed E-state index contributed by atoms with van der Waals surface area (Å²) in [6, 6.07) is 1.89. The summed E-state index contributed by atoms with van der Waals surface area (Å²) in [7, 11) is 1.38. The lowest BCUT2D eigenvalue weighted by atomic mass is 9.81. The molecule has 22 heavy (non-hydrogen) atoms. The lowest BCUT2D eigenvalue weighted by Gasteiger charge is -2.35. The molecular weight excluding hydrogens is 280 g/mol. The van der Waals surface area contributed by atoms with Gasteiger partial charge in [-0.3, -0.25) is 4.79 Å². The van der Waals surface area contributed by atoms with Crippen LogP contribution in [0.15, 0.2) is 6.07 Å². The van der Waals surface area contributed by atoms with Crippen LogP contribution in [0.2, 0.25) is 0 Å². The summed E-state index contributed by atoms with van der Waals surface area (Å²) in [5, 5.41) is 2.98. The minimum atomic E-state index is -0.862. The number of aromatic nitrogens is 1. The molecule has 1 aromatic rings. The van der Waals surface area contributed by atoms with Crippen LogP contribution in [-0.4, -0.2) is 29.1 Å². The maximum Gasteiger partial charge on any atom is 0.331 e. The van der Waals surface area contributed by atoms with Crippen LogP contribution in [0.5, 0.6) is 0 Å². The molecule has 0 unspecified atom stereocenters. The van der Waals surface area contributed by atoms with Crippen molar-refractivity contribution in [2.45, 2.75) is 65.0 Å². The number of carbonyl (C=O) groups is 2. The van der Waals surface area contributed by atoms with Gasteiger partial charge < -0.3 is 14.6 Å². The first-order valence-electron chi connectivity index (χ1n) is 8.03. The molecule has 0 atom stereocenters. The number of carbonyl (C=O) groups excluding carboxylic acids is 2. The molecule has 1 saturated carbocycles. The van der Waals surface area contributed by atoms with Gasteiger partial charge in [0, 0.05) is 17.9 Å². The van der Waals surface area contributed by atoms with Gasteiger partial charge in [0.15, 0.2) is 0 Å². The predicted molar refractivity (Wildman–Crippen MR) is 84.9 cm³/mol. The fourth-order valence-corrected chi connectivity index (χ4v) is 3.53. The van der Waals surface area contributed by atoms with Crippen LogP contribution in [0, 0.1) is 13.8 Å². The zero-order valence-corrected chi connectivity index (χ0v) is 14.0. The van der Waals surface area contributed by atoms with Gasteiger partial charge in [-0.25, -0.2) is 4.79 Å². The molecule has 1 heterocycles. The van der Waals surface area contributed by atoms with Crippen LogP contribution < -0.4 is 5.32 Å². The Labute approximate surface area is 132 Å². The Morgan fingerprint density at radius 2 is 1.91 bits per heavy atom. The highest BCUT2D eigenvalue weighted by Gasteiger charge is 2.42. The number of amides is 1. The quantitative estimate of drug-likeness (QED) is 0.870. The third-order valence-electron chi connectivity index (χ3n) is 4.77. The van der Waals surface area contributed by atoms with E-state index in [1.807, 2.05) is 19.9 Å². The summed E-state index contributed by atoms with van der Waals surface area (Å²) in [4.78, 5) is 24.9. The molecule has 1 aliphatic rings. The molecule has 0 radical (unpaired) electrons. The summed E-state index contributed by atoms with van der Waals surface area (Å²) >= 11 is 0. The van der Waals surface area contributed by atoms with Gasteiger partial charge >= 0.3 is 5.97 Å². The minimum absolute atomic E-state index is 0.180. The van der Waals surface area contributed by atoms with E-state index in [2.05, 4.69) is 16.8 Å². The fraction of sp³-hybridized carbons (Fsp3) is 0.647. The minimum Gasteiger partial charge on any atom is -0.467 e. The largest absolute Gasteiger partial charge is 0.467 e. The number of hydrogen-bond donors (Lipinski definition) is 1. The number of ether oxygens (including phenoxy) is 1. The summed E-state index contributed by atoms with van der Waals surface area (Å²) in [5.41, 5.74) is 1.78. The van der Waals surface area contributed by atoms with Crippen molar-refractivity contribution in [3.8, 4) is 0 Å². The molecule has 0 saturated heterocycles. The van der Waals surface area contributed by atoms with Crippen molar-refractivity contribution in [1.29, 1.82) is 0 Å². The fourth-order valence-electron chi connectivity index (χ4n) is 3.53. The van der Waals surface area contributed by atoms with E-state index in [-0.39, 0.29) is 11.9 Å². The van der Waals surface area contributed by atoms with Crippen LogP contribution in [0.25, 0.3) is 0 Å². The van der Waals surface area contributed by atoms with Crippen LogP contribution in [0.1, 0.15) is 60.8 Å². The second kappa shape index (κ2) is 6.55. The summed E-state index contributed by atoms with van der Waals surface area (Å²) < 4.78 is 7.05. The number of nitrogens with one attached hydrogen (secondary N) is 1. The Hall–Kier alpha value is -1.78. The summed E-state index contributed by atoms with van der Waals surface area (Å²) in [6.45, 7) is 6.81. The van der Waals surface area contributed by atoms with E-state index >= 15 is 0 Å². The molecule has 122 valence electrons. The van der Waals surface area contributed by atoms with Crippen molar-refractivity contribution >= 4 is 11.9 Å². The number of methoxy groups -OCH3 is 1. The van der Waals surface area contributed by atoms with Gasteiger partial charge in [0.25, 0.3) is 5.91 Å². The van der Waals surface area contributed by atoms with Gasteiger partial charge in [-0.1, -0.05) is 19.3 Å². The maximum absolute atomic E-state index is 12.7. The first-order valence-corrected chi connectivity index (χ1v) is 8.03. The SMILES string of the molecule is CCn1c(C)cc(C(=O)NC2(C(=O)OC)CCCCC2)c1C. The summed E-state index contributed by atoms with van der Waals surface area (Å²) in [5.74, 6) is -0.509. The number of nitrogens with zero attached hydrogens (tertiary/aromatic N) is 1. The van der Waals surface area contributed by atoms with E-state index in [1.165, 1.54) is 7.11 Å². The Morgan fingerprint density at radius 3 is 2.41 bits per heavy atom. The number of hydrogen-bond acceptors (Lipinski definition) is 3. The van der Waals surface area contributed by atoms with Crippen LogP contribution in [-0.2, 0) is 16.1 Å². The third-order valence-corrected chi connectivity index (χ3v) is 4.77. The first-order chi connectivity index (χ1) is 10.4. The topological polar surface area (TPSA) is 60.3 Å². The Balaban J connectivity index is 2.27. The Bertz CT molecular complexity index is 569. The van der Waals surface area contributed by atoms with Crippen LogP contribution in [0.3, 0.4) is 0 Å². The average molecular weight is 306 g/mol. The van der Waals surface area contributed by atoms with Gasteiger partial charge in [0.1, 0.15) is 5.54 Å². The smallest absolute Gasteiger partial charge is 0.331 e. The summed E-state index contributed by atoms with van der Waals surface area (Å²) in [6.07, 6.45) is 4.27. The van der Waals surface area contributed by atoms with Gasteiger partial charge in [0.2, 0.25) is 0 Å². The van der Waals surface area contributed by atoms with Crippen molar-refractivity contribution in [3.05, 3.63) is 23.0 Å². The zero-order chi connectivity index (χ0) is 16.3. The van der Waals surface area contributed by atoms with Crippen molar-refractivity contribution in [2.75, 3.05) is 7.11 Å². The Kier molecular flexibility index (Phi) is 4.94. The van der Waals surface area contributed by atoms with Gasteiger partial charge in [0.05, 0.1) is 12.7 Å². The van der Waals surface area contributed by atoms with E-state index in [0.717, 1.165) is 37.2 Å². The molecule has 0 aliphatic heterocycles. The van der Waals surface area contributed by atoms with Gasteiger partial charge in [-0.15, -0.1) is 0 Å². The second-order valence-corrected chi connectivity index (χ2v) is 6.12. The zero-order valence-electron chi connectivity index (χ0n) is 14.0. The van der Waals surface area contributed by atoms with Crippen LogP contribution in [0.4, 0.5) is 0 Å². The molecule has 0 aromatic carbocycles. The molecule has 1 aromatic heterocycles. The van der Waals surface area contributed by atoms with Crippen molar-refractivity contribution in [2.24, 2.45) is 0 Å². The molecular formula is C17H26N2O3. The van der Waals surface area contributed by atoms with E-state index in [9.17, 15) is 9.59 Å². The maximum atomic E-state index is 12.7. The molecule has 0 bridgehead atoms. The monoisotopic (exact) mass is 306 g/mol. The lowest BCUT2D eigenvalue weighted by molar-refractivity contribution is -0.149. The third kappa shape index (κ3) is 2.89. The first kappa shape index (κ1) is 16.6. The van der Waals surface area contributed by atoms with Gasteiger partial charge in [-0.2, -0.15) is 0 Å². The van der Waals surface area contributed by atoms with Crippen molar-refractivity contribution < 1.29 is 14.3 Å². The second-order valence-electron chi connectivity index (χ2n) is 6.12. The molecule has 5 nitrogen and oxygen atoms in total. The molecule has 1 amide bonds. The van der Waals surface area contributed by atoms with Crippen molar-refractivity contribution in [1.82, 2.24) is 9.88 Å². The normalized spacial score (nSPS) is 17.1. The van der Waals surface area contributed by atoms with E-state index < -0.39 is 5.54 Å². The highest BCUT2D eigenvalue weighted by molar-refractivity contribution is 5.99. The number of esters is 1. The molecule has 2 rings (SSSR count). The number of aryl methyl sites for hydroxylation is 1. The highest BCUT2D eigenvalue weighted by atomic mass is 16.5. The standard InChI is InChI=1S/C17H26N2O3/c1-5-19-12(2)11-14(13(19)3)15(20)18-17(16(21)22-4)9-7-6-8-10-17/h11H,5-10H2,1-4H3,(H,18,20). The van der Waals surface area contributed by atoms with Crippen LogP contribution >= 0.6 is 0 Å². The predicted octanol–water partition coefficient (Wildman–Crippen LogP) is 2.73. The molecule has 1 aliphatic carbocycles.